The average Bonchev–Trinajstić information content (AvgIpc) is 2.38. The second-order valence-electron chi connectivity index (χ2n) is 4.60. The van der Waals surface area contributed by atoms with Crippen molar-refractivity contribution in [2.75, 3.05) is 19.8 Å². The first-order valence-corrected chi connectivity index (χ1v) is 6.98. The van der Waals surface area contributed by atoms with Crippen LogP contribution in [0.25, 0.3) is 0 Å². The van der Waals surface area contributed by atoms with Crippen molar-refractivity contribution < 1.29 is 14.3 Å². The maximum absolute atomic E-state index is 11.5. The molecule has 0 saturated carbocycles. The summed E-state index contributed by atoms with van der Waals surface area (Å²) in [5, 5.41) is 2.70. The fourth-order valence-corrected chi connectivity index (χ4v) is 1.89. The first-order valence-electron chi connectivity index (χ1n) is 6.98. The fourth-order valence-electron chi connectivity index (χ4n) is 1.89. The lowest BCUT2D eigenvalue weighted by atomic mass is 10.1. The van der Waals surface area contributed by atoms with E-state index in [9.17, 15) is 4.79 Å². The molecule has 0 aromatic heterocycles. The molecule has 0 bridgehead atoms. The molecular formula is C15H24N2O3. The summed E-state index contributed by atoms with van der Waals surface area (Å²) in [4.78, 5) is 11.5. The van der Waals surface area contributed by atoms with Crippen molar-refractivity contribution in [3.63, 3.8) is 0 Å². The molecule has 5 nitrogen and oxygen atoms in total. The van der Waals surface area contributed by atoms with Crippen molar-refractivity contribution in [1.29, 1.82) is 0 Å². The van der Waals surface area contributed by atoms with Gasteiger partial charge in [0.25, 0.3) is 5.91 Å². The first-order chi connectivity index (χ1) is 9.58. The third-order valence-electron chi connectivity index (χ3n) is 2.62. The summed E-state index contributed by atoms with van der Waals surface area (Å²) in [5.74, 6) is 1.11. The average molecular weight is 280 g/mol. The molecule has 0 aliphatic carbocycles. The predicted octanol–water partition coefficient (Wildman–Crippen LogP) is 1.49. The lowest BCUT2D eigenvalue weighted by Crippen LogP contribution is -2.29. The Hall–Kier alpha value is -1.75. The van der Waals surface area contributed by atoms with Gasteiger partial charge in [-0.25, -0.2) is 0 Å². The van der Waals surface area contributed by atoms with Crippen LogP contribution in [0, 0.1) is 0 Å². The van der Waals surface area contributed by atoms with Gasteiger partial charge in [-0.2, -0.15) is 0 Å². The Bertz CT molecular complexity index is 433. The minimum absolute atomic E-state index is 0.0127. The summed E-state index contributed by atoms with van der Waals surface area (Å²) in [7, 11) is 0. The van der Waals surface area contributed by atoms with Crippen LogP contribution in [-0.2, 0) is 11.2 Å². The second kappa shape index (κ2) is 8.43. The van der Waals surface area contributed by atoms with Gasteiger partial charge >= 0.3 is 0 Å². The molecule has 0 fully saturated rings. The van der Waals surface area contributed by atoms with Crippen LogP contribution in [0.4, 0.5) is 0 Å². The van der Waals surface area contributed by atoms with Crippen LogP contribution in [0.3, 0.4) is 0 Å². The van der Waals surface area contributed by atoms with Gasteiger partial charge in [0.2, 0.25) is 0 Å². The van der Waals surface area contributed by atoms with Crippen molar-refractivity contribution in [3.8, 4) is 11.5 Å². The standard InChI is InChI=1S/C15H24N2O3/c1-4-17-14(18)10-20-15-12(9-11(3)16)7-6-8-13(15)19-5-2/h6-8,11H,4-5,9-10,16H2,1-3H3,(H,17,18). The highest BCUT2D eigenvalue weighted by molar-refractivity contribution is 5.77. The van der Waals surface area contributed by atoms with Crippen LogP contribution < -0.4 is 20.5 Å². The Morgan fingerprint density at radius 1 is 1.35 bits per heavy atom. The second-order valence-corrected chi connectivity index (χ2v) is 4.60. The molecule has 5 heteroatoms. The van der Waals surface area contributed by atoms with Gasteiger partial charge in [-0.15, -0.1) is 0 Å². The monoisotopic (exact) mass is 280 g/mol. The molecule has 0 saturated heterocycles. The van der Waals surface area contributed by atoms with Gasteiger partial charge in [-0.3, -0.25) is 4.79 Å². The van der Waals surface area contributed by atoms with E-state index in [0.717, 1.165) is 5.56 Å². The highest BCUT2D eigenvalue weighted by Gasteiger charge is 2.13. The molecule has 112 valence electrons. The highest BCUT2D eigenvalue weighted by Crippen LogP contribution is 2.32. The molecule has 1 atom stereocenters. The van der Waals surface area contributed by atoms with Gasteiger partial charge in [-0.05, 0) is 38.8 Å². The Morgan fingerprint density at radius 2 is 2.10 bits per heavy atom. The smallest absolute Gasteiger partial charge is 0.257 e. The molecule has 0 spiro atoms. The van der Waals surface area contributed by atoms with Gasteiger partial charge < -0.3 is 20.5 Å². The largest absolute Gasteiger partial charge is 0.490 e. The number of ether oxygens (including phenoxy) is 2. The molecule has 20 heavy (non-hydrogen) atoms. The van der Waals surface area contributed by atoms with Crippen LogP contribution >= 0.6 is 0 Å². The van der Waals surface area contributed by atoms with Crippen LogP contribution in [-0.4, -0.2) is 31.7 Å². The molecule has 1 unspecified atom stereocenters. The molecule has 1 amide bonds. The number of nitrogens with two attached hydrogens (primary N) is 1. The number of carbonyl (C=O) groups excluding carboxylic acids is 1. The minimum Gasteiger partial charge on any atom is -0.490 e. The number of hydrogen-bond donors (Lipinski definition) is 2. The summed E-state index contributed by atoms with van der Waals surface area (Å²) in [6.45, 7) is 6.81. The van der Waals surface area contributed by atoms with Crippen molar-refractivity contribution in [1.82, 2.24) is 5.32 Å². The number of rotatable bonds is 8. The third-order valence-corrected chi connectivity index (χ3v) is 2.62. The molecular weight excluding hydrogens is 256 g/mol. The van der Waals surface area contributed by atoms with E-state index >= 15 is 0 Å². The third kappa shape index (κ3) is 5.09. The fraction of sp³-hybridized carbons (Fsp3) is 0.533. The van der Waals surface area contributed by atoms with E-state index in [1.165, 1.54) is 0 Å². The minimum atomic E-state index is -0.148. The number of likely N-dealkylation sites (N-methyl/N-ethyl adjacent to an activating group) is 1. The number of carbonyl (C=O) groups is 1. The maximum Gasteiger partial charge on any atom is 0.257 e. The SMILES string of the molecule is CCNC(=O)COc1c(CC(C)N)cccc1OCC. The number of para-hydroxylation sites is 1. The molecule has 0 radical (unpaired) electrons. The number of hydrogen-bond acceptors (Lipinski definition) is 4. The lowest BCUT2D eigenvalue weighted by molar-refractivity contribution is -0.123. The Balaban J connectivity index is 2.89. The first kappa shape index (κ1) is 16.3. The normalized spacial score (nSPS) is 11.8. The van der Waals surface area contributed by atoms with Crippen molar-refractivity contribution in [3.05, 3.63) is 23.8 Å². The molecule has 1 aromatic carbocycles. The zero-order chi connectivity index (χ0) is 15.0. The summed E-state index contributed by atoms with van der Waals surface area (Å²) in [6.07, 6.45) is 0.672. The summed E-state index contributed by atoms with van der Waals surface area (Å²) in [5.41, 5.74) is 6.80. The molecule has 1 aromatic rings. The summed E-state index contributed by atoms with van der Waals surface area (Å²) in [6, 6.07) is 5.70. The van der Waals surface area contributed by atoms with Gasteiger partial charge in [0.1, 0.15) is 0 Å². The van der Waals surface area contributed by atoms with Crippen molar-refractivity contribution >= 4 is 5.91 Å². The molecule has 0 aliphatic rings. The molecule has 1 rings (SSSR count). The predicted molar refractivity (Wildman–Crippen MR) is 79.1 cm³/mol. The molecule has 3 N–H and O–H groups in total. The van der Waals surface area contributed by atoms with E-state index in [0.29, 0.717) is 31.1 Å². The van der Waals surface area contributed by atoms with E-state index < -0.39 is 0 Å². The Morgan fingerprint density at radius 3 is 2.70 bits per heavy atom. The van der Waals surface area contributed by atoms with Gasteiger partial charge in [0.05, 0.1) is 6.61 Å². The van der Waals surface area contributed by atoms with E-state index in [1.807, 2.05) is 39.0 Å². The van der Waals surface area contributed by atoms with Crippen molar-refractivity contribution in [2.45, 2.75) is 33.2 Å². The Labute approximate surface area is 120 Å². The molecule has 0 aliphatic heterocycles. The van der Waals surface area contributed by atoms with E-state index in [1.54, 1.807) is 0 Å². The van der Waals surface area contributed by atoms with Crippen LogP contribution in [0.5, 0.6) is 11.5 Å². The number of benzene rings is 1. The quantitative estimate of drug-likeness (QED) is 0.756. The van der Waals surface area contributed by atoms with E-state index in [4.69, 9.17) is 15.2 Å². The van der Waals surface area contributed by atoms with Crippen LogP contribution in [0.1, 0.15) is 26.3 Å². The summed E-state index contributed by atoms with van der Waals surface area (Å²) < 4.78 is 11.2. The zero-order valence-electron chi connectivity index (χ0n) is 12.4. The van der Waals surface area contributed by atoms with E-state index in [2.05, 4.69) is 5.32 Å². The Kier molecular flexibility index (Phi) is 6.87. The maximum atomic E-state index is 11.5. The van der Waals surface area contributed by atoms with Gasteiger partial charge in [0.15, 0.2) is 18.1 Å². The zero-order valence-corrected chi connectivity index (χ0v) is 12.4. The van der Waals surface area contributed by atoms with Gasteiger partial charge in [0, 0.05) is 12.6 Å². The van der Waals surface area contributed by atoms with Crippen molar-refractivity contribution in [2.24, 2.45) is 5.73 Å². The lowest BCUT2D eigenvalue weighted by Gasteiger charge is -2.16. The number of amides is 1. The topological polar surface area (TPSA) is 73.6 Å². The van der Waals surface area contributed by atoms with Crippen LogP contribution in [0.2, 0.25) is 0 Å². The van der Waals surface area contributed by atoms with Crippen LogP contribution in [0.15, 0.2) is 18.2 Å². The van der Waals surface area contributed by atoms with Gasteiger partial charge in [-0.1, -0.05) is 12.1 Å². The number of nitrogens with one attached hydrogen (secondary N) is 1. The molecule has 0 heterocycles. The highest BCUT2D eigenvalue weighted by atomic mass is 16.5. The summed E-state index contributed by atoms with van der Waals surface area (Å²) >= 11 is 0. The van der Waals surface area contributed by atoms with E-state index in [-0.39, 0.29) is 18.6 Å².